The van der Waals surface area contributed by atoms with Crippen molar-refractivity contribution in [3.63, 3.8) is 0 Å². The Morgan fingerprint density at radius 1 is 1.25 bits per heavy atom. The number of hydrogen-bond donors (Lipinski definition) is 1. The number of aliphatic imine (C=N–C) groups is 1. The fourth-order valence-corrected chi connectivity index (χ4v) is 3.38. The smallest absolute Gasteiger partial charge is 0.194 e. The molecule has 0 saturated heterocycles. The van der Waals surface area contributed by atoms with Gasteiger partial charge in [0.1, 0.15) is 24.7 Å². The Hall–Kier alpha value is -2.57. The largest absolute Gasteiger partial charge is 0.491 e. The van der Waals surface area contributed by atoms with Crippen molar-refractivity contribution in [2.45, 2.75) is 52.1 Å². The van der Waals surface area contributed by atoms with Crippen LogP contribution in [0.4, 0.5) is 0 Å². The summed E-state index contributed by atoms with van der Waals surface area (Å²) in [5.74, 6) is 3.61. The standard InChI is InChI=1S/C21H32N6O/c1-16-9-5-8-12-19(16)28-14-13-26(3)21(23-18-10-6-7-11-18)22-15-20-25-24-17(2)27(20)4/h5,8-9,12,18H,6-7,10-11,13-15H2,1-4H3,(H,22,23). The maximum absolute atomic E-state index is 5.96. The van der Waals surface area contributed by atoms with E-state index in [4.69, 9.17) is 9.73 Å². The number of guanidine groups is 1. The Morgan fingerprint density at radius 3 is 2.68 bits per heavy atom. The van der Waals surface area contributed by atoms with Gasteiger partial charge in [-0.05, 0) is 38.3 Å². The van der Waals surface area contributed by atoms with Gasteiger partial charge in [0.25, 0.3) is 0 Å². The van der Waals surface area contributed by atoms with Crippen molar-refractivity contribution in [2.24, 2.45) is 12.0 Å². The van der Waals surface area contributed by atoms with E-state index in [1.165, 1.54) is 25.7 Å². The topological polar surface area (TPSA) is 67.6 Å². The molecule has 1 aliphatic carbocycles. The molecule has 1 aliphatic rings. The summed E-state index contributed by atoms with van der Waals surface area (Å²) in [5, 5.41) is 12.0. The van der Waals surface area contributed by atoms with Gasteiger partial charge in [-0.3, -0.25) is 0 Å². The third kappa shape index (κ3) is 5.24. The molecule has 1 fully saturated rings. The van der Waals surface area contributed by atoms with Crippen molar-refractivity contribution in [1.29, 1.82) is 0 Å². The van der Waals surface area contributed by atoms with Crippen LogP contribution < -0.4 is 10.1 Å². The highest BCUT2D eigenvalue weighted by Crippen LogP contribution is 2.18. The van der Waals surface area contributed by atoms with Gasteiger partial charge in [0, 0.05) is 20.1 Å². The van der Waals surface area contributed by atoms with Gasteiger partial charge in [-0.1, -0.05) is 31.0 Å². The molecule has 0 aliphatic heterocycles. The summed E-state index contributed by atoms with van der Waals surface area (Å²) in [5.41, 5.74) is 1.15. The van der Waals surface area contributed by atoms with E-state index in [-0.39, 0.29) is 0 Å². The predicted molar refractivity (Wildman–Crippen MR) is 112 cm³/mol. The lowest BCUT2D eigenvalue weighted by atomic mass is 10.2. The molecule has 1 aromatic heterocycles. The fraction of sp³-hybridized carbons (Fsp3) is 0.571. The molecule has 7 heteroatoms. The first-order chi connectivity index (χ1) is 13.5. The second kappa shape index (κ2) is 9.57. The summed E-state index contributed by atoms with van der Waals surface area (Å²) >= 11 is 0. The van der Waals surface area contributed by atoms with Crippen molar-refractivity contribution < 1.29 is 4.74 Å². The molecule has 3 rings (SSSR count). The van der Waals surface area contributed by atoms with Crippen LogP contribution in [-0.2, 0) is 13.6 Å². The molecule has 0 unspecified atom stereocenters. The average Bonchev–Trinajstić information content (AvgIpc) is 3.31. The maximum atomic E-state index is 5.96. The van der Waals surface area contributed by atoms with E-state index >= 15 is 0 Å². The zero-order valence-electron chi connectivity index (χ0n) is 17.5. The Kier molecular flexibility index (Phi) is 6.90. The molecule has 0 atom stereocenters. The number of ether oxygens (including phenoxy) is 1. The monoisotopic (exact) mass is 384 g/mol. The van der Waals surface area contributed by atoms with Crippen molar-refractivity contribution >= 4 is 5.96 Å². The van der Waals surface area contributed by atoms with Crippen LogP contribution in [0, 0.1) is 13.8 Å². The summed E-state index contributed by atoms with van der Waals surface area (Å²) in [6, 6.07) is 8.61. The number of nitrogens with zero attached hydrogens (tertiary/aromatic N) is 5. The Morgan fingerprint density at radius 2 is 2.00 bits per heavy atom. The minimum atomic E-state index is 0.500. The van der Waals surface area contributed by atoms with Gasteiger partial charge in [-0.15, -0.1) is 10.2 Å². The van der Waals surface area contributed by atoms with Gasteiger partial charge < -0.3 is 19.5 Å². The molecular weight excluding hydrogens is 352 g/mol. The average molecular weight is 385 g/mol. The van der Waals surface area contributed by atoms with E-state index in [9.17, 15) is 0 Å². The Balaban J connectivity index is 1.62. The van der Waals surface area contributed by atoms with Crippen LogP contribution in [-0.4, -0.2) is 51.9 Å². The molecule has 0 spiro atoms. The van der Waals surface area contributed by atoms with Crippen LogP contribution in [0.1, 0.15) is 42.9 Å². The molecule has 0 amide bonds. The fourth-order valence-electron chi connectivity index (χ4n) is 3.38. The Labute approximate surface area is 167 Å². The molecule has 0 bridgehead atoms. The molecule has 1 heterocycles. The first-order valence-corrected chi connectivity index (χ1v) is 10.1. The second-order valence-electron chi connectivity index (χ2n) is 7.52. The molecule has 0 radical (unpaired) electrons. The third-order valence-corrected chi connectivity index (χ3v) is 5.38. The van der Waals surface area contributed by atoms with E-state index < -0.39 is 0 Å². The van der Waals surface area contributed by atoms with E-state index in [2.05, 4.69) is 40.5 Å². The summed E-state index contributed by atoms with van der Waals surface area (Å²) in [4.78, 5) is 6.97. The van der Waals surface area contributed by atoms with Crippen LogP contribution in [0.3, 0.4) is 0 Å². The first kappa shape index (κ1) is 20.2. The SMILES string of the molecule is Cc1ccccc1OCCN(C)C(=NCc1nnc(C)n1C)NC1CCCC1. The molecule has 1 aromatic carbocycles. The highest BCUT2D eigenvalue weighted by atomic mass is 16.5. The molecular formula is C21H32N6O. The van der Waals surface area contributed by atoms with Gasteiger partial charge >= 0.3 is 0 Å². The zero-order valence-corrected chi connectivity index (χ0v) is 17.5. The van der Waals surface area contributed by atoms with E-state index in [0.717, 1.165) is 35.5 Å². The number of hydrogen-bond acceptors (Lipinski definition) is 4. The van der Waals surface area contributed by atoms with Gasteiger partial charge in [-0.25, -0.2) is 4.99 Å². The summed E-state index contributed by atoms with van der Waals surface area (Å²) in [6.45, 7) is 5.89. The molecule has 28 heavy (non-hydrogen) atoms. The number of benzene rings is 1. The molecule has 152 valence electrons. The molecule has 1 saturated carbocycles. The Bertz CT molecular complexity index is 794. The highest BCUT2D eigenvalue weighted by Gasteiger charge is 2.18. The number of aromatic nitrogens is 3. The van der Waals surface area contributed by atoms with Crippen molar-refractivity contribution in [2.75, 3.05) is 20.2 Å². The maximum Gasteiger partial charge on any atom is 0.194 e. The van der Waals surface area contributed by atoms with Crippen LogP contribution in [0.15, 0.2) is 29.3 Å². The van der Waals surface area contributed by atoms with Gasteiger partial charge in [0.15, 0.2) is 11.8 Å². The second-order valence-corrected chi connectivity index (χ2v) is 7.52. The lowest BCUT2D eigenvalue weighted by Crippen LogP contribution is -2.45. The molecule has 7 nitrogen and oxygen atoms in total. The van der Waals surface area contributed by atoms with Crippen molar-refractivity contribution in [3.8, 4) is 5.75 Å². The number of rotatable bonds is 7. The van der Waals surface area contributed by atoms with Crippen LogP contribution in [0.25, 0.3) is 0 Å². The normalized spacial score (nSPS) is 15.1. The minimum absolute atomic E-state index is 0.500. The van der Waals surface area contributed by atoms with Gasteiger partial charge in [-0.2, -0.15) is 0 Å². The lowest BCUT2D eigenvalue weighted by Gasteiger charge is -2.25. The number of aryl methyl sites for hydroxylation is 2. The molecule has 1 N–H and O–H groups in total. The quantitative estimate of drug-likeness (QED) is 0.587. The van der Waals surface area contributed by atoms with Gasteiger partial charge in [0.2, 0.25) is 0 Å². The summed E-state index contributed by atoms with van der Waals surface area (Å²) in [6.07, 6.45) is 4.98. The lowest BCUT2D eigenvalue weighted by molar-refractivity contribution is 0.278. The first-order valence-electron chi connectivity index (χ1n) is 10.1. The number of nitrogens with one attached hydrogen (secondary N) is 1. The van der Waals surface area contributed by atoms with Crippen molar-refractivity contribution in [3.05, 3.63) is 41.5 Å². The van der Waals surface area contributed by atoms with E-state index in [1.54, 1.807) is 0 Å². The number of likely N-dealkylation sites (N-methyl/N-ethyl adjacent to an activating group) is 1. The molecule has 2 aromatic rings. The highest BCUT2D eigenvalue weighted by molar-refractivity contribution is 5.80. The zero-order chi connectivity index (χ0) is 19.9. The van der Waals surface area contributed by atoms with Gasteiger partial charge in [0.05, 0.1) is 6.54 Å². The third-order valence-electron chi connectivity index (χ3n) is 5.38. The van der Waals surface area contributed by atoms with Crippen LogP contribution in [0.2, 0.25) is 0 Å². The predicted octanol–water partition coefficient (Wildman–Crippen LogP) is 2.83. The van der Waals surface area contributed by atoms with Crippen molar-refractivity contribution in [1.82, 2.24) is 25.0 Å². The van der Waals surface area contributed by atoms with E-state index in [0.29, 0.717) is 19.2 Å². The summed E-state index contributed by atoms with van der Waals surface area (Å²) in [7, 11) is 4.04. The van der Waals surface area contributed by atoms with Crippen LogP contribution in [0.5, 0.6) is 5.75 Å². The summed E-state index contributed by atoms with van der Waals surface area (Å²) < 4.78 is 7.95. The van der Waals surface area contributed by atoms with E-state index in [1.807, 2.05) is 36.7 Å². The number of para-hydroxylation sites is 1. The van der Waals surface area contributed by atoms with Crippen LogP contribution >= 0.6 is 0 Å². The minimum Gasteiger partial charge on any atom is -0.491 e.